The SMILES string of the molecule is COc1ccc2c(c(C3=C(c4c[nH]c5ccccc45)C(=O)NC3=O)cn2CCCNC(N)=N[N+](=O)[O-])c1OC. The normalized spacial score (nSPS) is 13.8. The topological polar surface area (TPSA) is 179 Å². The lowest BCUT2D eigenvalue weighted by atomic mass is 9.95. The number of methoxy groups -OCH3 is 2. The standard InChI is InChI=1S/C26H25N7O6/c1-38-19-9-8-18-20(23(19)39-2)16(13-32(18)11-5-10-28-26(27)31-33(36)37)22-21(24(34)30-25(22)35)15-12-29-17-7-4-3-6-14(15)17/h3-4,6-9,12-13,29H,5,10-11H2,1-2H3,(H3,27,28,31)(H,30,34,35). The number of nitrogens with two attached hydrogens (primary N) is 1. The molecule has 200 valence electrons. The van der Waals surface area contributed by atoms with Crippen LogP contribution in [-0.4, -0.2) is 53.1 Å². The average molecular weight is 532 g/mol. The van der Waals surface area contributed by atoms with Crippen molar-refractivity contribution in [2.75, 3.05) is 20.8 Å². The fourth-order valence-corrected chi connectivity index (χ4v) is 4.92. The second-order valence-electron chi connectivity index (χ2n) is 8.72. The lowest BCUT2D eigenvalue weighted by Crippen LogP contribution is -2.33. The van der Waals surface area contributed by atoms with Crippen LogP contribution in [0.4, 0.5) is 0 Å². The number of para-hydroxylation sites is 1. The molecular formula is C26H25N7O6. The number of aromatic amines is 1. The van der Waals surface area contributed by atoms with E-state index in [4.69, 9.17) is 15.2 Å². The number of nitro groups is 1. The first kappa shape index (κ1) is 25.3. The molecule has 1 aliphatic heterocycles. The molecule has 0 unspecified atom stereocenters. The highest BCUT2D eigenvalue weighted by Crippen LogP contribution is 2.44. The molecule has 2 aromatic carbocycles. The average Bonchev–Trinajstić information content (AvgIpc) is 3.58. The van der Waals surface area contributed by atoms with Gasteiger partial charge in [-0.3, -0.25) is 14.9 Å². The minimum Gasteiger partial charge on any atom is -0.493 e. The number of H-pyrrole nitrogens is 1. The zero-order valence-electron chi connectivity index (χ0n) is 21.1. The van der Waals surface area contributed by atoms with Crippen molar-refractivity contribution in [1.29, 1.82) is 0 Å². The molecule has 13 heteroatoms. The summed E-state index contributed by atoms with van der Waals surface area (Å²) in [4.78, 5) is 40.1. The number of nitrogens with one attached hydrogen (secondary N) is 3. The highest BCUT2D eigenvalue weighted by Gasteiger charge is 2.36. The van der Waals surface area contributed by atoms with Gasteiger partial charge in [0.15, 0.2) is 16.5 Å². The van der Waals surface area contributed by atoms with Crippen LogP contribution in [0.1, 0.15) is 17.5 Å². The highest BCUT2D eigenvalue weighted by molar-refractivity contribution is 6.51. The number of benzene rings is 2. The van der Waals surface area contributed by atoms with Gasteiger partial charge >= 0.3 is 0 Å². The number of amides is 2. The molecule has 0 radical (unpaired) electrons. The van der Waals surface area contributed by atoms with E-state index in [0.717, 1.165) is 16.4 Å². The fraction of sp³-hybridized carbons (Fsp3) is 0.192. The maximum atomic E-state index is 13.3. The molecule has 0 saturated carbocycles. The van der Waals surface area contributed by atoms with E-state index in [9.17, 15) is 19.7 Å². The Morgan fingerprint density at radius 3 is 2.56 bits per heavy atom. The first-order chi connectivity index (χ1) is 18.8. The van der Waals surface area contributed by atoms with Crippen LogP contribution < -0.4 is 25.8 Å². The lowest BCUT2D eigenvalue weighted by Gasteiger charge is -2.11. The van der Waals surface area contributed by atoms with Gasteiger partial charge in [-0.15, -0.1) is 0 Å². The van der Waals surface area contributed by atoms with Crippen LogP contribution in [0.3, 0.4) is 0 Å². The molecule has 1 aliphatic rings. The number of hydrogen-bond donors (Lipinski definition) is 4. The van der Waals surface area contributed by atoms with Crippen LogP contribution in [0.15, 0.2) is 53.9 Å². The van der Waals surface area contributed by atoms with Crippen LogP contribution in [-0.2, 0) is 16.1 Å². The van der Waals surface area contributed by atoms with Crippen molar-refractivity contribution < 1.29 is 24.1 Å². The van der Waals surface area contributed by atoms with Crippen molar-refractivity contribution in [3.63, 3.8) is 0 Å². The number of rotatable bonds is 9. The number of fused-ring (bicyclic) bond motifs is 2. The van der Waals surface area contributed by atoms with Crippen LogP contribution in [0.25, 0.3) is 33.0 Å². The fourth-order valence-electron chi connectivity index (χ4n) is 4.92. The summed E-state index contributed by atoms with van der Waals surface area (Å²) in [7, 11) is 3.03. The Labute approximate surface area is 221 Å². The van der Waals surface area contributed by atoms with Crippen molar-refractivity contribution in [2.24, 2.45) is 10.8 Å². The zero-order valence-corrected chi connectivity index (χ0v) is 21.1. The molecule has 0 atom stereocenters. The monoisotopic (exact) mass is 531 g/mol. The van der Waals surface area contributed by atoms with Crippen LogP contribution in [0, 0.1) is 10.1 Å². The first-order valence-corrected chi connectivity index (χ1v) is 12.0. The summed E-state index contributed by atoms with van der Waals surface area (Å²) in [5.41, 5.74) is 8.68. The Balaban J connectivity index is 1.65. The zero-order chi connectivity index (χ0) is 27.7. The Kier molecular flexibility index (Phi) is 6.63. The maximum Gasteiger partial charge on any atom is 0.266 e. The van der Waals surface area contributed by atoms with E-state index < -0.39 is 16.8 Å². The number of ether oxygens (including phenoxy) is 2. The van der Waals surface area contributed by atoms with Gasteiger partial charge in [-0.05, 0) is 24.6 Å². The highest BCUT2D eigenvalue weighted by atomic mass is 16.7. The third-order valence-electron chi connectivity index (χ3n) is 6.52. The van der Waals surface area contributed by atoms with Gasteiger partial charge in [-0.1, -0.05) is 18.2 Å². The second-order valence-corrected chi connectivity index (χ2v) is 8.72. The van der Waals surface area contributed by atoms with Crippen LogP contribution in [0.5, 0.6) is 11.5 Å². The molecule has 39 heavy (non-hydrogen) atoms. The van der Waals surface area contributed by atoms with Crippen molar-refractivity contribution in [2.45, 2.75) is 13.0 Å². The largest absolute Gasteiger partial charge is 0.493 e. The molecule has 0 saturated heterocycles. The molecule has 5 rings (SSSR count). The minimum absolute atomic E-state index is 0.223. The predicted octanol–water partition coefficient (Wildman–Crippen LogP) is 2.19. The van der Waals surface area contributed by atoms with Crippen LogP contribution in [0.2, 0.25) is 0 Å². The van der Waals surface area contributed by atoms with E-state index in [2.05, 4.69) is 20.7 Å². The molecule has 13 nitrogen and oxygen atoms in total. The Morgan fingerprint density at radius 1 is 1.10 bits per heavy atom. The van der Waals surface area contributed by atoms with Crippen molar-refractivity contribution in [1.82, 2.24) is 20.2 Å². The molecule has 0 spiro atoms. The number of carbonyl (C=O) groups excluding carboxylic acids is 2. The second kappa shape index (κ2) is 10.2. The summed E-state index contributed by atoms with van der Waals surface area (Å²) in [6, 6.07) is 11.1. The summed E-state index contributed by atoms with van der Waals surface area (Å²) >= 11 is 0. The molecule has 4 aromatic rings. The molecule has 0 aliphatic carbocycles. The summed E-state index contributed by atoms with van der Waals surface area (Å²) in [6.45, 7) is 0.768. The van der Waals surface area contributed by atoms with E-state index in [1.165, 1.54) is 14.2 Å². The van der Waals surface area contributed by atoms with Gasteiger partial charge < -0.3 is 30.1 Å². The Bertz CT molecular complexity index is 1700. The Morgan fingerprint density at radius 2 is 1.85 bits per heavy atom. The minimum atomic E-state index is -0.874. The van der Waals surface area contributed by atoms with E-state index in [1.54, 1.807) is 18.5 Å². The molecular weight excluding hydrogens is 506 g/mol. The van der Waals surface area contributed by atoms with Gasteiger partial charge in [0.05, 0.1) is 36.3 Å². The molecule has 2 amide bonds. The van der Waals surface area contributed by atoms with Crippen molar-refractivity contribution in [3.05, 3.63) is 70.0 Å². The number of aromatic nitrogens is 2. The molecule has 3 heterocycles. The molecule has 0 bridgehead atoms. The summed E-state index contributed by atoms with van der Waals surface area (Å²) in [6.07, 6.45) is 4.03. The van der Waals surface area contributed by atoms with E-state index in [-0.39, 0.29) is 17.1 Å². The quantitative estimate of drug-likeness (QED) is 0.0634. The Hall–Kier alpha value is -5.33. The smallest absolute Gasteiger partial charge is 0.266 e. The summed E-state index contributed by atoms with van der Waals surface area (Å²) in [5, 5.41) is 19.2. The first-order valence-electron chi connectivity index (χ1n) is 12.0. The van der Waals surface area contributed by atoms with Gasteiger partial charge in [-0.25, -0.2) is 10.1 Å². The van der Waals surface area contributed by atoms with Gasteiger partial charge in [0, 0.05) is 47.5 Å². The molecule has 0 fully saturated rings. The van der Waals surface area contributed by atoms with Gasteiger partial charge in [0.1, 0.15) is 5.10 Å². The van der Waals surface area contributed by atoms with E-state index in [1.807, 2.05) is 34.9 Å². The van der Waals surface area contributed by atoms with Gasteiger partial charge in [-0.2, -0.15) is 0 Å². The van der Waals surface area contributed by atoms with E-state index >= 15 is 0 Å². The predicted molar refractivity (Wildman–Crippen MR) is 145 cm³/mol. The van der Waals surface area contributed by atoms with Crippen molar-refractivity contribution >= 4 is 50.7 Å². The van der Waals surface area contributed by atoms with Crippen molar-refractivity contribution in [3.8, 4) is 11.5 Å². The van der Waals surface area contributed by atoms with E-state index in [0.29, 0.717) is 47.5 Å². The molecule has 5 N–H and O–H groups in total. The maximum absolute atomic E-state index is 13.3. The third kappa shape index (κ3) is 4.50. The van der Waals surface area contributed by atoms with Gasteiger partial charge in [0.25, 0.3) is 17.8 Å². The summed E-state index contributed by atoms with van der Waals surface area (Å²) in [5.74, 6) is -0.420. The lowest BCUT2D eigenvalue weighted by molar-refractivity contribution is -0.485. The number of guanidine groups is 1. The molecule has 2 aromatic heterocycles. The third-order valence-corrected chi connectivity index (χ3v) is 6.52. The van der Waals surface area contributed by atoms with Crippen LogP contribution >= 0.6 is 0 Å². The number of imide groups is 1. The summed E-state index contributed by atoms with van der Waals surface area (Å²) < 4.78 is 13.2. The number of hydrogen-bond acceptors (Lipinski definition) is 6. The number of nitrogens with zero attached hydrogens (tertiary/aromatic N) is 3. The number of aryl methyl sites for hydroxylation is 1. The number of carbonyl (C=O) groups is 2. The van der Waals surface area contributed by atoms with Gasteiger partial charge in [0.2, 0.25) is 0 Å². The number of hydrazone groups is 1.